The Hall–Kier alpha value is -2.66. The van der Waals surface area contributed by atoms with E-state index < -0.39 is 0 Å². The maximum absolute atomic E-state index is 5.81. The Balaban J connectivity index is 1.68. The molecule has 1 N–H and O–H groups in total. The predicted molar refractivity (Wildman–Crippen MR) is 85.7 cm³/mol. The van der Waals surface area contributed by atoms with Crippen LogP contribution in [0.5, 0.6) is 0 Å². The third-order valence-corrected chi connectivity index (χ3v) is 3.69. The molecule has 0 aliphatic heterocycles. The summed E-state index contributed by atoms with van der Waals surface area (Å²) in [6, 6.07) is 12.2. The lowest BCUT2D eigenvalue weighted by Crippen LogP contribution is -1.99. The Kier molecular flexibility index (Phi) is 3.12. The van der Waals surface area contributed by atoms with E-state index >= 15 is 0 Å². The van der Waals surface area contributed by atoms with Gasteiger partial charge in [-0.15, -0.1) is 0 Å². The van der Waals surface area contributed by atoms with Crippen LogP contribution in [-0.4, -0.2) is 24.7 Å². The molecule has 0 bridgehead atoms. The van der Waals surface area contributed by atoms with Crippen molar-refractivity contribution in [3.05, 3.63) is 65.8 Å². The van der Waals surface area contributed by atoms with E-state index in [1.54, 1.807) is 6.20 Å². The van der Waals surface area contributed by atoms with Crippen molar-refractivity contribution in [3.8, 4) is 11.3 Å². The topological polar surface area (TPSA) is 59.4 Å². The number of hydrogen-bond donors (Lipinski definition) is 1. The van der Waals surface area contributed by atoms with Gasteiger partial charge in [0.25, 0.3) is 0 Å². The van der Waals surface area contributed by atoms with Crippen molar-refractivity contribution >= 4 is 22.6 Å². The molecule has 5 nitrogen and oxygen atoms in total. The Bertz CT molecular complexity index is 926. The van der Waals surface area contributed by atoms with Gasteiger partial charge < -0.3 is 4.98 Å². The van der Waals surface area contributed by atoms with Crippen LogP contribution in [-0.2, 0) is 6.54 Å². The second-order valence-electron chi connectivity index (χ2n) is 4.99. The number of halogens is 1. The summed E-state index contributed by atoms with van der Waals surface area (Å²) < 4.78 is 1.92. The molecule has 4 aromatic rings. The number of fused-ring (bicyclic) bond motifs is 1. The zero-order chi connectivity index (χ0) is 14.9. The number of aromatic amines is 1. The summed E-state index contributed by atoms with van der Waals surface area (Å²) in [6.45, 7) is 0.742. The number of hydrogen-bond acceptors (Lipinski definition) is 3. The average molecular weight is 310 g/mol. The zero-order valence-corrected chi connectivity index (χ0v) is 12.3. The van der Waals surface area contributed by atoms with Gasteiger partial charge >= 0.3 is 0 Å². The summed E-state index contributed by atoms with van der Waals surface area (Å²) in [5, 5.41) is 5.77. The van der Waals surface area contributed by atoms with Crippen LogP contribution in [0.1, 0.15) is 5.56 Å². The van der Waals surface area contributed by atoms with E-state index in [2.05, 4.69) is 32.2 Å². The van der Waals surface area contributed by atoms with Crippen LogP contribution in [0.25, 0.3) is 22.3 Å². The van der Waals surface area contributed by atoms with E-state index in [4.69, 9.17) is 11.6 Å². The molecule has 0 aliphatic carbocycles. The van der Waals surface area contributed by atoms with Crippen molar-refractivity contribution in [3.63, 3.8) is 0 Å². The first kappa shape index (κ1) is 13.0. The maximum Gasteiger partial charge on any atom is 0.224 e. The second kappa shape index (κ2) is 5.27. The number of nitrogens with one attached hydrogen (secondary N) is 1. The van der Waals surface area contributed by atoms with Gasteiger partial charge in [-0.2, -0.15) is 10.1 Å². The maximum atomic E-state index is 5.81. The van der Waals surface area contributed by atoms with Crippen LogP contribution in [0.2, 0.25) is 5.28 Å². The van der Waals surface area contributed by atoms with E-state index in [1.807, 2.05) is 41.3 Å². The highest BCUT2D eigenvalue weighted by atomic mass is 35.5. The van der Waals surface area contributed by atoms with Crippen LogP contribution in [0.3, 0.4) is 0 Å². The Morgan fingerprint density at radius 2 is 2.00 bits per heavy atom. The molecule has 0 saturated heterocycles. The fourth-order valence-corrected chi connectivity index (χ4v) is 2.59. The van der Waals surface area contributed by atoms with Crippen LogP contribution >= 0.6 is 11.6 Å². The monoisotopic (exact) mass is 309 g/mol. The smallest absolute Gasteiger partial charge is 0.224 e. The minimum absolute atomic E-state index is 0.232. The van der Waals surface area contributed by atoms with Gasteiger partial charge in [0.2, 0.25) is 5.28 Å². The van der Waals surface area contributed by atoms with Crippen LogP contribution in [0, 0.1) is 0 Å². The first-order valence-electron chi connectivity index (χ1n) is 6.87. The lowest BCUT2D eigenvalue weighted by molar-refractivity contribution is 0.689. The van der Waals surface area contributed by atoms with E-state index in [0.29, 0.717) is 5.65 Å². The van der Waals surface area contributed by atoms with Gasteiger partial charge in [0.1, 0.15) is 5.65 Å². The molecule has 0 saturated carbocycles. The molecule has 4 rings (SSSR count). The summed E-state index contributed by atoms with van der Waals surface area (Å²) >= 11 is 5.81. The molecule has 0 aliphatic rings. The normalized spacial score (nSPS) is 11.1. The highest BCUT2D eigenvalue weighted by Gasteiger charge is 2.11. The molecule has 0 spiro atoms. The molecule has 0 amide bonds. The molecular weight excluding hydrogens is 298 g/mol. The van der Waals surface area contributed by atoms with E-state index in [0.717, 1.165) is 23.2 Å². The van der Waals surface area contributed by atoms with Crippen molar-refractivity contribution < 1.29 is 0 Å². The zero-order valence-electron chi connectivity index (χ0n) is 11.6. The summed E-state index contributed by atoms with van der Waals surface area (Å²) in [4.78, 5) is 11.3. The number of H-pyrrole nitrogens is 1. The van der Waals surface area contributed by atoms with Crippen LogP contribution in [0.15, 0.2) is 55.0 Å². The molecule has 108 valence electrons. The number of rotatable bonds is 3. The van der Waals surface area contributed by atoms with Crippen molar-refractivity contribution in [2.45, 2.75) is 6.54 Å². The molecule has 0 atom stereocenters. The Morgan fingerprint density at radius 1 is 1.14 bits per heavy atom. The SMILES string of the molecule is Clc1ncc2c(-c3ccn(Cc4ccccc4)n3)c[nH]c2n1. The van der Waals surface area contributed by atoms with Crippen molar-refractivity contribution in [2.24, 2.45) is 0 Å². The van der Waals surface area contributed by atoms with Gasteiger partial charge in [0.05, 0.1) is 12.2 Å². The lowest BCUT2D eigenvalue weighted by atomic mass is 10.2. The van der Waals surface area contributed by atoms with Gasteiger partial charge in [0, 0.05) is 29.5 Å². The average Bonchev–Trinajstić information content (AvgIpc) is 3.14. The number of aromatic nitrogens is 5. The minimum atomic E-state index is 0.232. The molecule has 0 unspecified atom stereocenters. The van der Waals surface area contributed by atoms with E-state index in [1.165, 1.54) is 5.56 Å². The molecule has 3 aromatic heterocycles. The first-order valence-corrected chi connectivity index (χ1v) is 7.25. The van der Waals surface area contributed by atoms with Gasteiger partial charge in [-0.1, -0.05) is 30.3 Å². The highest BCUT2D eigenvalue weighted by Crippen LogP contribution is 2.26. The third kappa shape index (κ3) is 2.35. The number of benzene rings is 1. The Morgan fingerprint density at radius 3 is 2.86 bits per heavy atom. The molecule has 1 aromatic carbocycles. The number of nitrogens with zero attached hydrogens (tertiary/aromatic N) is 4. The first-order chi connectivity index (χ1) is 10.8. The molecule has 0 radical (unpaired) electrons. The van der Waals surface area contributed by atoms with Gasteiger partial charge in [-0.05, 0) is 23.2 Å². The van der Waals surface area contributed by atoms with Crippen LogP contribution < -0.4 is 0 Å². The fourth-order valence-electron chi connectivity index (χ4n) is 2.46. The predicted octanol–water partition coefficient (Wildman–Crippen LogP) is 3.52. The van der Waals surface area contributed by atoms with Gasteiger partial charge in [0.15, 0.2) is 0 Å². The molecule has 0 fully saturated rings. The minimum Gasteiger partial charge on any atom is -0.345 e. The molecular formula is C16H12ClN5. The largest absolute Gasteiger partial charge is 0.345 e. The standard InChI is InChI=1S/C16H12ClN5/c17-16-19-9-13-12(8-18-15(13)20-16)14-6-7-22(21-14)10-11-4-2-1-3-5-11/h1-9H,10H2,(H,18,19,20). The lowest BCUT2D eigenvalue weighted by Gasteiger charge is -2.01. The highest BCUT2D eigenvalue weighted by molar-refractivity contribution is 6.28. The quantitative estimate of drug-likeness (QED) is 0.589. The molecule has 22 heavy (non-hydrogen) atoms. The van der Waals surface area contributed by atoms with Gasteiger partial charge in [-0.25, -0.2) is 4.98 Å². The molecule has 6 heteroatoms. The van der Waals surface area contributed by atoms with Crippen molar-refractivity contribution in [1.82, 2.24) is 24.7 Å². The third-order valence-electron chi connectivity index (χ3n) is 3.51. The summed E-state index contributed by atoms with van der Waals surface area (Å²) in [7, 11) is 0. The summed E-state index contributed by atoms with van der Waals surface area (Å²) in [6.07, 6.45) is 5.57. The van der Waals surface area contributed by atoms with Crippen LogP contribution in [0.4, 0.5) is 0 Å². The summed E-state index contributed by atoms with van der Waals surface area (Å²) in [5.41, 5.74) is 3.78. The Labute approximate surface area is 131 Å². The van der Waals surface area contributed by atoms with E-state index in [9.17, 15) is 0 Å². The van der Waals surface area contributed by atoms with E-state index in [-0.39, 0.29) is 5.28 Å². The van der Waals surface area contributed by atoms with Crippen molar-refractivity contribution in [1.29, 1.82) is 0 Å². The fraction of sp³-hybridized carbons (Fsp3) is 0.0625. The van der Waals surface area contributed by atoms with Gasteiger partial charge in [-0.3, -0.25) is 4.68 Å². The summed E-state index contributed by atoms with van der Waals surface area (Å²) in [5.74, 6) is 0. The molecule has 3 heterocycles. The second-order valence-corrected chi connectivity index (χ2v) is 5.33. The van der Waals surface area contributed by atoms with Crippen molar-refractivity contribution in [2.75, 3.05) is 0 Å².